The third-order valence-corrected chi connectivity index (χ3v) is 3.15. The first-order valence-electron chi connectivity index (χ1n) is 6.38. The van der Waals surface area contributed by atoms with E-state index in [2.05, 4.69) is 15.5 Å². The first-order chi connectivity index (χ1) is 9.67. The van der Waals surface area contributed by atoms with Gasteiger partial charge in [-0.2, -0.15) is 0 Å². The Labute approximate surface area is 117 Å². The fourth-order valence-electron chi connectivity index (χ4n) is 1.93. The topological polar surface area (TPSA) is 88.1 Å². The first-order valence-corrected chi connectivity index (χ1v) is 6.38. The van der Waals surface area contributed by atoms with Gasteiger partial charge in [0, 0.05) is 25.0 Å². The predicted octanol–water partition coefficient (Wildman–Crippen LogP) is 1.53. The minimum absolute atomic E-state index is 0.116. The summed E-state index contributed by atoms with van der Waals surface area (Å²) in [7, 11) is 3.28. The molecule has 0 aliphatic carbocycles. The summed E-state index contributed by atoms with van der Waals surface area (Å²) in [6.07, 6.45) is 0.818. The van der Waals surface area contributed by atoms with Crippen LogP contribution in [0.3, 0.4) is 0 Å². The van der Waals surface area contributed by atoms with Gasteiger partial charge in [-0.25, -0.2) is 4.68 Å². The Morgan fingerprint density at radius 2 is 2.15 bits per heavy atom. The molecule has 0 aliphatic rings. The maximum absolute atomic E-state index is 6.02. The number of ether oxygens (including phenoxy) is 2. The average Bonchev–Trinajstić information content (AvgIpc) is 2.94. The zero-order valence-corrected chi connectivity index (χ0v) is 11.9. The molecule has 1 unspecified atom stereocenters. The van der Waals surface area contributed by atoms with E-state index in [0.29, 0.717) is 23.9 Å². The zero-order valence-electron chi connectivity index (χ0n) is 11.9. The van der Waals surface area contributed by atoms with Crippen molar-refractivity contribution in [1.82, 2.24) is 20.2 Å². The Morgan fingerprint density at radius 1 is 1.35 bits per heavy atom. The van der Waals surface area contributed by atoms with Crippen molar-refractivity contribution in [3.63, 3.8) is 0 Å². The summed E-state index contributed by atoms with van der Waals surface area (Å²) in [6.45, 7) is 2.68. The molecule has 1 atom stereocenters. The number of hydrogen-bond donors (Lipinski definition) is 1. The van der Waals surface area contributed by atoms with Crippen LogP contribution in [0.15, 0.2) is 18.2 Å². The van der Waals surface area contributed by atoms with Gasteiger partial charge in [-0.1, -0.05) is 0 Å². The van der Waals surface area contributed by atoms with Gasteiger partial charge in [0.25, 0.3) is 0 Å². The van der Waals surface area contributed by atoms with Crippen molar-refractivity contribution in [2.24, 2.45) is 0 Å². The molecule has 0 amide bonds. The van der Waals surface area contributed by atoms with Crippen molar-refractivity contribution in [2.45, 2.75) is 19.4 Å². The summed E-state index contributed by atoms with van der Waals surface area (Å²) in [5.74, 6) is 1.35. The highest BCUT2D eigenvalue weighted by Crippen LogP contribution is 2.29. The van der Waals surface area contributed by atoms with Crippen LogP contribution in [0.25, 0.3) is 11.4 Å². The highest BCUT2D eigenvalue weighted by molar-refractivity contribution is 5.73. The van der Waals surface area contributed by atoms with Crippen LogP contribution in [-0.2, 0) is 4.74 Å². The first kappa shape index (κ1) is 14.3. The van der Waals surface area contributed by atoms with Crippen LogP contribution in [0, 0.1) is 0 Å². The molecule has 7 heteroatoms. The normalized spacial score (nSPS) is 12.3. The molecule has 1 aromatic carbocycles. The monoisotopic (exact) mass is 277 g/mol. The summed E-state index contributed by atoms with van der Waals surface area (Å²) in [6, 6.07) is 5.54. The van der Waals surface area contributed by atoms with Gasteiger partial charge in [0.1, 0.15) is 5.75 Å². The second-order valence-corrected chi connectivity index (χ2v) is 4.53. The van der Waals surface area contributed by atoms with E-state index in [1.54, 1.807) is 31.0 Å². The summed E-state index contributed by atoms with van der Waals surface area (Å²) in [5, 5.41) is 11.9. The molecule has 2 N–H and O–H groups in total. The maximum Gasteiger partial charge on any atom is 0.184 e. The number of anilines is 1. The van der Waals surface area contributed by atoms with E-state index in [1.165, 1.54) is 0 Å². The van der Waals surface area contributed by atoms with E-state index >= 15 is 0 Å². The molecule has 0 fully saturated rings. The molecular formula is C13H19N5O2. The third kappa shape index (κ3) is 2.88. The molecule has 1 heterocycles. The number of nitrogens with two attached hydrogens (primary N) is 1. The van der Waals surface area contributed by atoms with E-state index in [4.69, 9.17) is 15.2 Å². The summed E-state index contributed by atoms with van der Waals surface area (Å²) < 4.78 is 12.1. The van der Waals surface area contributed by atoms with Gasteiger partial charge < -0.3 is 15.2 Å². The molecule has 108 valence electrons. The number of nitrogens with zero attached hydrogens (tertiary/aromatic N) is 4. The fourth-order valence-corrected chi connectivity index (χ4v) is 1.93. The number of tetrazole rings is 1. The van der Waals surface area contributed by atoms with Crippen LogP contribution in [0.4, 0.5) is 5.69 Å². The highest BCUT2D eigenvalue weighted by Gasteiger charge is 2.17. The number of rotatable bonds is 6. The van der Waals surface area contributed by atoms with Crippen molar-refractivity contribution in [1.29, 1.82) is 0 Å². The van der Waals surface area contributed by atoms with E-state index in [0.717, 1.165) is 12.0 Å². The van der Waals surface area contributed by atoms with E-state index in [1.807, 2.05) is 13.0 Å². The maximum atomic E-state index is 6.02. The van der Waals surface area contributed by atoms with E-state index < -0.39 is 0 Å². The third-order valence-electron chi connectivity index (χ3n) is 3.15. The predicted molar refractivity (Wildman–Crippen MR) is 75.4 cm³/mol. The van der Waals surface area contributed by atoms with Gasteiger partial charge in [-0.15, -0.1) is 5.10 Å². The minimum atomic E-state index is 0.116. The molecule has 7 nitrogen and oxygen atoms in total. The lowest BCUT2D eigenvalue weighted by atomic mass is 10.1. The van der Waals surface area contributed by atoms with Crippen molar-refractivity contribution in [3.8, 4) is 17.1 Å². The number of methoxy groups -OCH3 is 2. The quantitative estimate of drug-likeness (QED) is 0.805. The standard InChI is InChI=1S/C13H19N5O2/c1-9(6-7-19-2)18-13(15-16-17-18)11-8-10(20-3)4-5-12(11)14/h4-5,8-9H,6-7,14H2,1-3H3. The van der Waals surface area contributed by atoms with Crippen LogP contribution < -0.4 is 10.5 Å². The van der Waals surface area contributed by atoms with Crippen LogP contribution in [0.1, 0.15) is 19.4 Å². The molecule has 0 spiro atoms. The molecule has 0 saturated heterocycles. The highest BCUT2D eigenvalue weighted by atomic mass is 16.5. The zero-order chi connectivity index (χ0) is 14.5. The van der Waals surface area contributed by atoms with Crippen LogP contribution in [-0.4, -0.2) is 41.0 Å². The molecule has 0 bridgehead atoms. The fraction of sp³-hybridized carbons (Fsp3) is 0.462. The lowest BCUT2D eigenvalue weighted by Crippen LogP contribution is -2.12. The largest absolute Gasteiger partial charge is 0.497 e. The summed E-state index contributed by atoms with van der Waals surface area (Å²) in [5.41, 5.74) is 7.39. The van der Waals surface area contributed by atoms with Gasteiger partial charge in [0.2, 0.25) is 0 Å². The Hall–Kier alpha value is -2.15. The van der Waals surface area contributed by atoms with Gasteiger partial charge in [0.15, 0.2) is 5.82 Å². The second kappa shape index (κ2) is 6.33. The molecule has 0 radical (unpaired) electrons. The number of benzene rings is 1. The van der Waals surface area contributed by atoms with Crippen LogP contribution in [0.5, 0.6) is 5.75 Å². The number of aromatic nitrogens is 4. The van der Waals surface area contributed by atoms with Crippen molar-refractivity contribution in [2.75, 3.05) is 26.6 Å². The lowest BCUT2D eigenvalue weighted by Gasteiger charge is -2.14. The molecule has 2 aromatic rings. The molecule has 2 rings (SSSR count). The summed E-state index contributed by atoms with van der Waals surface area (Å²) >= 11 is 0. The minimum Gasteiger partial charge on any atom is -0.497 e. The number of hydrogen-bond acceptors (Lipinski definition) is 6. The Kier molecular flexibility index (Phi) is 4.52. The van der Waals surface area contributed by atoms with Gasteiger partial charge in [-0.3, -0.25) is 0 Å². The van der Waals surface area contributed by atoms with Gasteiger partial charge in [0.05, 0.1) is 13.2 Å². The van der Waals surface area contributed by atoms with Crippen molar-refractivity contribution < 1.29 is 9.47 Å². The Morgan fingerprint density at radius 3 is 2.85 bits per heavy atom. The van der Waals surface area contributed by atoms with Crippen molar-refractivity contribution >= 4 is 5.69 Å². The van der Waals surface area contributed by atoms with Crippen LogP contribution in [0.2, 0.25) is 0 Å². The van der Waals surface area contributed by atoms with E-state index in [-0.39, 0.29) is 6.04 Å². The molecule has 0 aliphatic heterocycles. The Balaban J connectivity index is 2.36. The van der Waals surface area contributed by atoms with Gasteiger partial charge >= 0.3 is 0 Å². The summed E-state index contributed by atoms with van der Waals surface area (Å²) in [4.78, 5) is 0. The Bertz CT molecular complexity index is 570. The molecular weight excluding hydrogens is 258 g/mol. The average molecular weight is 277 g/mol. The lowest BCUT2D eigenvalue weighted by molar-refractivity contribution is 0.178. The molecule has 0 saturated carbocycles. The molecule has 1 aromatic heterocycles. The second-order valence-electron chi connectivity index (χ2n) is 4.53. The van der Waals surface area contributed by atoms with Gasteiger partial charge in [-0.05, 0) is 42.0 Å². The molecule has 20 heavy (non-hydrogen) atoms. The number of nitrogen functional groups attached to an aromatic ring is 1. The van der Waals surface area contributed by atoms with E-state index in [9.17, 15) is 0 Å². The van der Waals surface area contributed by atoms with Crippen molar-refractivity contribution in [3.05, 3.63) is 18.2 Å². The SMILES string of the molecule is COCCC(C)n1nnnc1-c1cc(OC)ccc1N. The smallest absolute Gasteiger partial charge is 0.184 e. The van der Waals surface area contributed by atoms with Crippen LogP contribution >= 0.6 is 0 Å².